The molecule has 46 heavy (non-hydrogen) atoms. The van der Waals surface area contributed by atoms with Gasteiger partial charge in [-0.2, -0.15) is 0 Å². The van der Waals surface area contributed by atoms with Gasteiger partial charge in [-0.15, -0.1) is 0 Å². The molecule has 0 aliphatic carbocycles. The fraction of sp³-hybridized carbons (Fsp3) is 0.955. The molecule has 0 aliphatic heterocycles. The second kappa shape index (κ2) is 27.0. The Bertz CT molecular complexity index is 626. The van der Waals surface area contributed by atoms with Crippen LogP contribution in [0.5, 0.6) is 0 Å². The summed E-state index contributed by atoms with van der Waals surface area (Å²) in [6.45, 7) is 65.0. The molecule has 0 radical (unpaired) electrons. The number of hydrogen-bond donors (Lipinski definition) is 0. The van der Waals surface area contributed by atoms with Crippen LogP contribution in [0.4, 0.5) is 0 Å². The zero-order valence-corrected chi connectivity index (χ0v) is 40.5. The fourth-order valence-corrected chi connectivity index (χ4v) is 17.8. The maximum absolute atomic E-state index is 2.46. The zero-order chi connectivity index (χ0) is 38.5. The van der Waals surface area contributed by atoms with Crippen LogP contribution >= 0.6 is 0 Å². The van der Waals surface area contributed by atoms with Crippen molar-refractivity contribution in [3.8, 4) is 0 Å². The molecule has 0 aliphatic rings. The Balaban J connectivity index is -0.000000159. The molecule has 0 bridgehead atoms. The summed E-state index contributed by atoms with van der Waals surface area (Å²) in [7, 11) is -1.54. The average Bonchev–Trinajstić information content (AvgIpc) is 2.77. The Hall–Kier alpha value is 0.174. The predicted molar refractivity (Wildman–Crippen MR) is 231 cm³/mol. The first-order valence-electron chi connectivity index (χ1n) is 19.9. The Kier molecular flexibility index (Phi) is 32.6. The molecule has 0 aromatic heterocycles. The highest BCUT2D eigenvalue weighted by Gasteiger charge is 2.41. The van der Waals surface area contributed by atoms with Crippen molar-refractivity contribution >= 4 is 16.9 Å². The van der Waals surface area contributed by atoms with Crippen molar-refractivity contribution in [2.45, 2.75) is 240 Å². The predicted octanol–water partition coefficient (Wildman–Crippen LogP) is 17.1. The summed E-state index contributed by atoms with van der Waals surface area (Å²) < 4.78 is 0. The van der Waals surface area contributed by atoms with E-state index >= 15 is 0 Å². The molecule has 0 rings (SSSR count). The third kappa shape index (κ3) is 30.2. The molecular formula is C44H100Si2. The first kappa shape index (κ1) is 55.6. The first-order chi connectivity index (χ1) is 20.2. The summed E-state index contributed by atoms with van der Waals surface area (Å²) in [4.78, 5) is 0. The highest BCUT2D eigenvalue weighted by molar-refractivity contribution is 6.83. The Labute approximate surface area is 301 Å². The van der Waals surface area contributed by atoms with Crippen LogP contribution in [0, 0.1) is 34.5 Å². The van der Waals surface area contributed by atoms with Crippen molar-refractivity contribution in [3.63, 3.8) is 0 Å². The van der Waals surface area contributed by atoms with Crippen LogP contribution in [0.2, 0.25) is 39.3 Å². The minimum Gasteiger partial charge on any atom is -0.0833 e. The van der Waals surface area contributed by atoms with Crippen LogP contribution < -0.4 is 0 Å². The zero-order valence-electron chi connectivity index (χ0n) is 38.3. The molecule has 2 heteroatoms. The average molecular weight is 685 g/mol. The molecular weight excluding hydrogens is 585 g/mol. The van der Waals surface area contributed by atoms with Gasteiger partial charge in [0.1, 0.15) is 0 Å². The van der Waals surface area contributed by atoms with Gasteiger partial charge in [0.2, 0.25) is 0 Å². The third-order valence-corrected chi connectivity index (χ3v) is 23.0. The maximum atomic E-state index is 2.46. The summed E-state index contributed by atoms with van der Waals surface area (Å²) in [5.41, 5.74) is 8.11. The van der Waals surface area contributed by atoms with Gasteiger partial charge in [-0.1, -0.05) is 237 Å². The van der Waals surface area contributed by atoms with E-state index in [4.69, 9.17) is 0 Å². The molecule has 0 aromatic carbocycles. The summed E-state index contributed by atoms with van der Waals surface area (Å²) in [6.07, 6.45) is 3.68. The lowest BCUT2D eigenvalue weighted by molar-refractivity contribution is 0.283. The van der Waals surface area contributed by atoms with Crippen molar-refractivity contribution in [3.05, 3.63) is 11.6 Å². The minimum absolute atomic E-state index is 0.454. The molecule has 0 saturated carbocycles. The van der Waals surface area contributed by atoms with Crippen molar-refractivity contribution in [2.24, 2.45) is 34.5 Å². The molecule has 0 spiro atoms. The quantitative estimate of drug-likeness (QED) is 0.159. The Morgan fingerprint density at radius 3 is 0.804 bits per heavy atom. The van der Waals surface area contributed by atoms with E-state index in [1.165, 1.54) is 18.0 Å². The highest BCUT2D eigenvalue weighted by atomic mass is 28.3. The monoisotopic (exact) mass is 685 g/mol. The maximum Gasteiger partial charge on any atom is 0.0612 e. The second-order valence-electron chi connectivity index (χ2n) is 20.3. The lowest BCUT2D eigenvalue weighted by Gasteiger charge is -2.44. The molecule has 0 nitrogen and oxygen atoms in total. The molecule has 0 fully saturated rings. The van der Waals surface area contributed by atoms with E-state index in [2.05, 4.69) is 200 Å². The molecule has 0 amide bonds. The van der Waals surface area contributed by atoms with E-state index in [0.29, 0.717) is 16.7 Å². The van der Waals surface area contributed by atoms with Gasteiger partial charge in [0.15, 0.2) is 0 Å². The number of allylic oxidation sites excluding steroid dienone is 2. The van der Waals surface area contributed by atoms with Crippen molar-refractivity contribution in [1.29, 1.82) is 0 Å². The van der Waals surface area contributed by atoms with Crippen molar-refractivity contribution in [1.82, 2.24) is 0 Å². The van der Waals surface area contributed by atoms with Gasteiger partial charge in [0, 0.05) is 8.80 Å². The summed E-state index contributed by atoms with van der Waals surface area (Å²) in [5.74, 6) is 3.18. The SMILES string of the molecule is CC(C)=CC(C)C.CC(C)C(C)(C)C.CC(C)C(C)(C)C.CC(C)CC[Si](C(C)C)(C(C)C)C(C)C.CC(C)[SiH](C(C)C)C(C)C. The van der Waals surface area contributed by atoms with Crippen LogP contribution in [-0.2, 0) is 0 Å². The van der Waals surface area contributed by atoms with Crippen molar-refractivity contribution in [2.75, 3.05) is 0 Å². The van der Waals surface area contributed by atoms with Gasteiger partial charge in [-0.3, -0.25) is 0 Å². The Morgan fingerprint density at radius 1 is 0.500 bits per heavy atom. The molecule has 0 aromatic rings. The van der Waals surface area contributed by atoms with E-state index in [1.807, 2.05) is 0 Å². The number of rotatable bonds is 10. The Morgan fingerprint density at radius 2 is 0.739 bits per heavy atom. The van der Waals surface area contributed by atoms with Crippen LogP contribution in [0.1, 0.15) is 200 Å². The van der Waals surface area contributed by atoms with Crippen LogP contribution in [0.15, 0.2) is 11.6 Å². The second-order valence-corrected chi connectivity index (χ2v) is 31.7. The summed E-state index contributed by atoms with van der Waals surface area (Å²) >= 11 is 0. The van der Waals surface area contributed by atoms with E-state index in [9.17, 15) is 0 Å². The van der Waals surface area contributed by atoms with E-state index in [1.54, 1.807) is 0 Å². The highest BCUT2D eigenvalue weighted by Crippen LogP contribution is 2.45. The van der Waals surface area contributed by atoms with Gasteiger partial charge in [-0.05, 0) is 48.3 Å². The lowest BCUT2D eigenvalue weighted by Crippen LogP contribution is -2.44. The molecule has 0 atom stereocenters. The fourth-order valence-electron chi connectivity index (χ4n) is 6.38. The summed E-state index contributed by atoms with van der Waals surface area (Å²) in [6, 6.07) is 1.53. The van der Waals surface area contributed by atoms with Crippen LogP contribution in [0.25, 0.3) is 0 Å². The third-order valence-electron chi connectivity index (χ3n) is 10.8. The standard InChI is InChI=1S/C14H32Si.C9H22Si.2C7H16.C7H14/c1-11(2)9-10-15(12(3)4,13(5)6)14(7)8;1-7(2)10(8(3)4)9(5)6;2*1-6(2)7(3,4)5;1-6(2)5-7(3)4/h11-14H,9-10H2,1-8H3;7-10H,1-6H3;2*6H,1-5H3;5-6H,1-4H3. The smallest absolute Gasteiger partial charge is 0.0612 e. The molecule has 0 saturated heterocycles. The number of hydrogen-bond acceptors (Lipinski definition) is 0. The molecule has 0 unspecified atom stereocenters. The van der Waals surface area contributed by atoms with Gasteiger partial charge in [-0.25, -0.2) is 0 Å². The van der Waals surface area contributed by atoms with E-state index in [0.717, 1.165) is 51.0 Å². The minimum atomic E-state index is -1.09. The van der Waals surface area contributed by atoms with Gasteiger partial charge in [0.05, 0.1) is 8.07 Å². The normalized spacial score (nSPS) is 12.5. The van der Waals surface area contributed by atoms with Crippen LogP contribution in [0.3, 0.4) is 0 Å². The first-order valence-corrected chi connectivity index (χ1v) is 24.3. The molecule has 0 N–H and O–H groups in total. The lowest BCUT2D eigenvalue weighted by atomic mass is 9.84. The topological polar surface area (TPSA) is 0 Å². The summed E-state index contributed by atoms with van der Waals surface area (Å²) in [5, 5.41) is 0. The van der Waals surface area contributed by atoms with Crippen LogP contribution in [-0.4, -0.2) is 16.9 Å². The van der Waals surface area contributed by atoms with E-state index < -0.39 is 16.9 Å². The molecule has 284 valence electrons. The van der Waals surface area contributed by atoms with Gasteiger partial charge >= 0.3 is 0 Å². The van der Waals surface area contributed by atoms with Gasteiger partial charge in [0.25, 0.3) is 0 Å². The van der Waals surface area contributed by atoms with Gasteiger partial charge < -0.3 is 0 Å². The largest absolute Gasteiger partial charge is 0.0833 e. The molecule has 0 heterocycles. The van der Waals surface area contributed by atoms with Crippen molar-refractivity contribution < 1.29 is 0 Å². The van der Waals surface area contributed by atoms with E-state index in [-0.39, 0.29) is 0 Å².